The van der Waals surface area contributed by atoms with Crippen LogP contribution in [0, 0.1) is 18.3 Å². The Morgan fingerprint density at radius 2 is 2.03 bits per heavy atom. The molecule has 1 spiro atoms. The number of amides is 1. The number of carbonyl (C=O) groups excluding carboxylic acids is 1. The van der Waals surface area contributed by atoms with E-state index in [4.69, 9.17) is 4.74 Å². The molecule has 0 radical (unpaired) electrons. The third-order valence-electron chi connectivity index (χ3n) is 7.36. The summed E-state index contributed by atoms with van der Waals surface area (Å²) >= 11 is 0. The normalized spacial score (nSPS) is 22.5. The van der Waals surface area contributed by atoms with Crippen LogP contribution >= 0.6 is 0 Å². The molecule has 3 fully saturated rings. The lowest BCUT2D eigenvalue weighted by Gasteiger charge is -2.48. The number of carbonyl (C=O) groups is 1. The SMILES string of the molecule is CCOC(=O)N1CC2(CC[C@@H](N3CCN(c4nc(F)c(C)cc4-c4cnccn4)CC3)C2)C1. The zero-order valence-electron chi connectivity index (χ0n) is 19.3. The summed E-state index contributed by atoms with van der Waals surface area (Å²) in [7, 11) is 0. The predicted octanol–water partition coefficient (Wildman–Crippen LogP) is 3.12. The molecule has 0 aromatic carbocycles. The van der Waals surface area contributed by atoms with Gasteiger partial charge in [0, 0.05) is 74.2 Å². The molecule has 1 aliphatic carbocycles. The van der Waals surface area contributed by atoms with Crippen molar-refractivity contribution in [1.82, 2.24) is 24.8 Å². The molecule has 0 N–H and O–H groups in total. The monoisotopic (exact) mass is 454 g/mol. The van der Waals surface area contributed by atoms with Crippen molar-refractivity contribution in [2.75, 3.05) is 50.8 Å². The largest absolute Gasteiger partial charge is 0.450 e. The molecule has 9 heteroatoms. The molecule has 1 saturated carbocycles. The van der Waals surface area contributed by atoms with Crippen LogP contribution < -0.4 is 4.90 Å². The fourth-order valence-corrected chi connectivity index (χ4v) is 5.63. The number of aryl methyl sites for hydroxylation is 1. The summed E-state index contributed by atoms with van der Waals surface area (Å²) < 4.78 is 19.5. The second-order valence-electron chi connectivity index (χ2n) is 9.53. The maximum absolute atomic E-state index is 14.4. The van der Waals surface area contributed by atoms with Crippen molar-refractivity contribution in [2.24, 2.45) is 5.41 Å². The summed E-state index contributed by atoms with van der Waals surface area (Å²) in [5.41, 5.74) is 2.30. The fourth-order valence-electron chi connectivity index (χ4n) is 5.63. The lowest BCUT2D eigenvalue weighted by molar-refractivity contribution is -0.00294. The molecule has 5 rings (SSSR count). The minimum Gasteiger partial charge on any atom is -0.450 e. The lowest BCUT2D eigenvalue weighted by atomic mass is 9.78. The Labute approximate surface area is 193 Å². The maximum Gasteiger partial charge on any atom is 0.409 e. The Balaban J connectivity index is 1.22. The zero-order valence-corrected chi connectivity index (χ0v) is 19.3. The average molecular weight is 455 g/mol. The van der Waals surface area contributed by atoms with E-state index in [1.165, 1.54) is 6.42 Å². The number of hydrogen-bond acceptors (Lipinski definition) is 7. The smallest absolute Gasteiger partial charge is 0.409 e. The number of hydrogen-bond donors (Lipinski definition) is 0. The highest BCUT2D eigenvalue weighted by molar-refractivity contribution is 5.73. The predicted molar refractivity (Wildman–Crippen MR) is 122 cm³/mol. The Kier molecular flexibility index (Phi) is 5.90. The number of likely N-dealkylation sites (tertiary alicyclic amines) is 1. The quantitative estimate of drug-likeness (QED) is 0.657. The van der Waals surface area contributed by atoms with Crippen LogP contribution in [0.15, 0.2) is 24.7 Å². The van der Waals surface area contributed by atoms with E-state index in [2.05, 4.69) is 24.8 Å². The van der Waals surface area contributed by atoms with Gasteiger partial charge in [0.25, 0.3) is 0 Å². The van der Waals surface area contributed by atoms with Gasteiger partial charge in [-0.3, -0.25) is 14.9 Å². The van der Waals surface area contributed by atoms with Crippen molar-refractivity contribution in [1.29, 1.82) is 0 Å². The van der Waals surface area contributed by atoms with Gasteiger partial charge >= 0.3 is 6.09 Å². The molecule has 1 atom stereocenters. The minimum absolute atomic E-state index is 0.183. The second-order valence-corrected chi connectivity index (χ2v) is 9.53. The molecule has 4 heterocycles. The Morgan fingerprint density at radius 3 is 2.73 bits per heavy atom. The first kappa shape index (κ1) is 22.0. The van der Waals surface area contributed by atoms with Gasteiger partial charge in [0.15, 0.2) is 0 Å². The van der Waals surface area contributed by atoms with Crippen molar-refractivity contribution in [2.45, 2.75) is 39.2 Å². The van der Waals surface area contributed by atoms with Gasteiger partial charge in [-0.15, -0.1) is 0 Å². The maximum atomic E-state index is 14.4. The fraction of sp³-hybridized carbons (Fsp3) is 0.583. The van der Waals surface area contributed by atoms with Crippen molar-refractivity contribution >= 4 is 11.9 Å². The summed E-state index contributed by atoms with van der Waals surface area (Å²) in [5.74, 6) is 0.208. The molecule has 8 nitrogen and oxygen atoms in total. The Morgan fingerprint density at radius 1 is 1.24 bits per heavy atom. The van der Waals surface area contributed by atoms with E-state index in [-0.39, 0.29) is 11.5 Å². The molecular weight excluding hydrogens is 423 g/mol. The molecule has 2 saturated heterocycles. The molecular formula is C24H31FN6O2. The third kappa shape index (κ3) is 4.26. The number of anilines is 1. The Hall–Kier alpha value is -2.81. The molecule has 0 bridgehead atoms. The van der Waals surface area contributed by atoms with E-state index >= 15 is 0 Å². The van der Waals surface area contributed by atoms with Crippen LogP contribution in [0.2, 0.25) is 0 Å². The van der Waals surface area contributed by atoms with Gasteiger partial charge in [0.1, 0.15) is 5.82 Å². The first-order valence-corrected chi connectivity index (χ1v) is 11.8. The van der Waals surface area contributed by atoms with E-state index < -0.39 is 5.95 Å². The van der Waals surface area contributed by atoms with Crippen LogP contribution in [-0.4, -0.2) is 82.8 Å². The highest BCUT2D eigenvalue weighted by atomic mass is 19.1. The van der Waals surface area contributed by atoms with Crippen LogP contribution in [-0.2, 0) is 4.74 Å². The van der Waals surface area contributed by atoms with Gasteiger partial charge < -0.3 is 14.5 Å². The van der Waals surface area contributed by atoms with E-state index in [1.54, 1.807) is 25.5 Å². The number of halogens is 1. The van der Waals surface area contributed by atoms with E-state index in [9.17, 15) is 9.18 Å². The van der Waals surface area contributed by atoms with Gasteiger partial charge in [0.2, 0.25) is 5.95 Å². The number of piperazine rings is 1. The number of aromatic nitrogens is 3. The summed E-state index contributed by atoms with van der Waals surface area (Å²) in [6.45, 7) is 9.04. The summed E-state index contributed by atoms with van der Waals surface area (Å²) in [6, 6.07) is 2.36. The van der Waals surface area contributed by atoms with Crippen LogP contribution in [0.3, 0.4) is 0 Å². The standard InChI is InChI=1S/C24H31FN6O2/c1-3-33-23(32)31-15-24(16-31)5-4-18(13-24)29-8-10-30(11-9-29)22-19(12-17(2)21(25)28-22)20-14-26-6-7-27-20/h6-7,12,14,18H,3-5,8-11,13,15-16H2,1-2H3/t18-/m1/s1. The Bertz CT molecular complexity index is 1010. The summed E-state index contributed by atoms with van der Waals surface area (Å²) in [5, 5.41) is 0. The van der Waals surface area contributed by atoms with Crippen molar-refractivity contribution in [3.8, 4) is 11.3 Å². The molecule has 176 valence electrons. The topological polar surface area (TPSA) is 74.7 Å². The van der Waals surface area contributed by atoms with Gasteiger partial charge in [-0.25, -0.2) is 9.78 Å². The first-order chi connectivity index (χ1) is 16.0. The van der Waals surface area contributed by atoms with Gasteiger partial charge in [-0.1, -0.05) is 0 Å². The first-order valence-electron chi connectivity index (χ1n) is 11.8. The number of pyridine rings is 1. The van der Waals surface area contributed by atoms with E-state index in [0.29, 0.717) is 29.7 Å². The average Bonchev–Trinajstić information content (AvgIpc) is 3.26. The third-order valence-corrected chi connectivity index (χ3v) is 7.36. The molecule has 33 heavy (non-hydrogen) atoms. The molecule has 2 aliphatic heterocycles. The lowest BCUT2D eigenvalue weighted by Crippen LogP contribution is -2.58. The van der Waals surface area contributed by atoms with Crippen molar-refractivity contribution < 1.29 is 13.9 Å². The second kappa shape index (κ2) is 8.85. The van der Waals surface area contributed by atoms with Crippen molar-refractivity contribution in [3.63, 3.8) is 0 Å². The highest BCUT2D eigenvalue weighted by Gasteiger charge is 2.51. The summed E-state index contributed by atoms with van der Waals surface area (Å²) in [6.07, 6.45) is 8.25. The van der Waals surface area contributed by atoms with Crippen LogP contribution in [0.4, 0.5) is 15.0 Å². The summed E-state index contributed by atoms with van der Waals surface area (Å²) in [4.78, 5) is 31.4. The van der Waals surface area contributed by atoms with E-state index in [0.717, 1.165) is 57.7 Å². The van der Waals surface area contributed by atoms with Gasteiger partial charge in [0.05, 0.1) is 18.5 Å². The van der Waals surface area contributed by atoms with Crippen LogP contribution in [0.5, 0.6) is 0 Å². The van der Waals surface area contributed by atoms with Crippen LogP contribution in [0.1, 0.15) is 31.7 Å². The van der Waals surface area contributed by atoms with Crippen LogP contribution in [0.25, 0.3) is 11.3 Å². The number of nitrogens with zero attached hydrogens (tertiary/aromatic N) is 6. The molecule has 0 unspecified atom stereocenters. The van der Waals surface area contributed by atoms with Gasteiger partial charge in [-0.05, 0) is 39.2 Å². The highest BCUT2D eigenvalue weighted by Crippen LogP contribution is 2.47. The molecule has 2 aromatic heterocycles. The molecule has 2 aromatic rings. The molecule has 1 amide bonds. The number of rotatable bonds is 4. The number of ether oxygens (including phenoxy) is 1. The van der Waals surface area contributed by atoms with E-state index in [1.807, 2.05) is 17.9 Å². The molecule has 3 aliphatic rings. The van der Waals surface area contributed by atoms with Gasteiger partial charge in [-0.2, -0.15) is 4.39 Å². The van der Waals surface area contributed by atoms with Crippen molar-refractivity contribution in [3.05, 3.63) is 36.2 Å². The zero-order chi connectivity index (χ0) is 23.0. The minimum atomic E-state index is -0.436.